The molecule has 4 unspecified atom stereocenters. The lowest BCUT2D eigenvalue weighted by Crippen LogP contribution is -2.60. The number of likely N-dealkylation sites (tertiary alicyclic amines) is 1. The number of pyridine rings is 2. The molecule has 3 heterocycles. The molecule has 0 aliphatic carbocycles. The molecule has 3 amide bonds. The average Bonchev–Trinajstić information content (AvgIpc) is 3.12. The fraction of sp³-hybridized carbons (Fsp3) is 0.439. The van der Waals surface area contributed by atoms with Crippen LogP contribution in [0.4, 0.5) is 0 Å². The monoisotopic (exact) mass is 724 g/mol. The molecule has 5 atom stereocenters. The summed E-state index contributed by atoms with van der Waals surface area (Å²) < 4.78 is 0. The summed E-state index contributed by atoms with van der Waals surface area (Å²) in [6.45, 7) is 10.5. The van der Waals surface area contributed by atoms with Gasteiger partial charge in [-0.3, -0.25) is 24.3 Å². The molecule has 0 saturated carbocycles. The second-order valence-corrected chi connectivity index (χ2v) is 16.3. The number of hydrogen-bond donors (Lipinski definition) is 4. The Kier molecular flexibility index (Phi) is 13.4. The van der Waals surface area contributed by atoms with E-state index in [9.17, 15) is 19.5 Å². The number of para-hydroxylation sites is 1. The Morgan fingerprint density at radius 3 is 2.38 bits per heavy atom. The van der Waals surface area contributed by atoms with Crippen LogP contribution in [0, 0.1) is 5.92 Å². The molecular formula is C41H52N6O4S. The van der Waals surface area contributed by atoms with Crippen molar-refractivity contribution in [3.05, 3.63) is 108 Å². The first-order valence-electron chi connectivity index (χ1n) is 18.1. The Morgan fingerprint density at radius 2 is 1.67 bits per heavy atom. The first-order chi connectivity index (χ1) is 24.9. The van der Waals surface area contributed by atoms with Crippen molar-refractivity contribution in [1.29, 1.82) is 0 Å². The summed E-state index contributed by atoms with van der Waals surface area (Å²) in [6.07, 6.45) is 4.50. The third-order valence-corrected chi connectivity index (χ3v) is 10.7. The lowest BCUT2D eigenvalue weighted by molar-refractivity contribution is -0.130. The van der Waals surface area contributed by atoms with Crippen LogP contribution in [0.25, 0.3) is 10.9 Å². The molecular weight excluding hydrogens is 673 g/mol. The highest BCUT2D eigenvalue weighted by Gasteiger charge is 2.38. The summed E-state index contributed by atoms with van der Waals surface area (Å²) in [7, 11) is 0. The molecule has 1 aliphatic rings. The van der Waals surface area contributed by atoms with Crippen LogP contribution in [-0.4, -0.2) is 85.8 Å². The van der Waals surface area contributed by atoms with E-state index < -0.39 is 41.6 Å². The van der Waals surface area contributed by atoms with Crippen molar-refractivity contribution in [1.82, 2.24) is 30.8 Å². The van der Waals surface area contributed by atoms with Gasteiger partial charge in [-0.15, -0.1) is 0 Å². The lowest BCUT2D eigenvalue weighted by Gasteiger charge is -2.41. The molecule has 0 radical (unpaired) electrons. The summed E-state index contributed by atoms with van der Waals surface area (Å²) >= 11 is 1.83. The van der Waals surface area contributed by atoms with Crippen LogP contribution in [0.3, 0.4) is 0 Å². The number of rotatable bonds is 14. The van der Waals surface area contributed by atoms with Crippen molar-refractivity contribution in [2.45, 2.75) is 94.7 Å². The van der Waals surface area contributed by atoms with Gasteiger partial charge in [0.05, 0.1) is 23.7 Å². The number of nitrogens with one attached hydrogen (secondary N) is 3. The number of β-amino-alcohol motifs (C(OH)–C–C–N with tert-alkyl or cyclic N) is 1. The Balaban J connectivity index is 1.31. The Morgan fingerprint density at radius 1 is 0.942 bits per heavy atom. The smallest absolute Gasteiger partial charge is 0.270 e. The molecule has 0 spiro atoms. The summed E-state index contributed by atoms with van der Waals surface area (Å²) in [5.41, 5.74) is 2.59. The summed E-state index contributed by atoms with van der Waals surface area (Å²) in [6, 6.07) is 22.7. The van der Waals surface area contributed by atoms with E-state index in [1.807, 2.05) is 119 Å². The molecule has 0 bridgehead atoms. The van der Waals surface area contributed by atoms with Crippen molar-refractivity contribution in [3.8, 4) is 0 Å². The van der Waals surface area contributed by atoms with Crippen LogP contribution in [-0.2, 0) is 21.8 Å². The number of fused-ring (bicyclic) bond motifs is 1. The van der Waals surface area contributed by atoms with Crippen molar-refractivity contribution in [2.75, 3.05) is 13.1 Å². The lowest BCUT2D eigenvalue weighted by atomic mass is 9.95. The molecule has 10 nitrogen and oxygen atoms in total. The third kappa shape index (κ3) is 11.1. The first kappa shape index (κ1) is 38.9. The number of carbonyl (C=O) groups excluding carboxylic acids is 3. The van der Waals surface area contributed by atoms with Gasteiger partial charge in [0.2, 0.25) is 11.8 Å². The maximum absolute atomic E-state index is 14.0. The second-order valence-electron chi connectivity index (χ2n) is 15.0. The molecule has 11 heteroatoms. The van der Waals surface area contributed by atoms with E-state index in [1.165, 1.54) is 0 Å². The highest BCUT2D eigenvalue weighted by atomic mass is 32.2. The predicted molar refractivity (Wildman–Crippen MR) is 208 cm³/mol. The van der Waals surface area contributed by atoms with Gasteiger partial charge in [-0.25, -0.2) is 4.98 Å². The Labute approximate surface area is 311 Å². The molecule has 2 aromatic carbocycles. The average molecular weight is 725 g/mol. The van der Waals surface area contributed by atoms with E-state index in [0.29, 0.717) is 24.9 Å². The number of piperidine rings is 1. The summed E-state index contributed by atoms with van der Waals surface area (Å²) in [5.74, 6) is -0.342. The number of amides is 3. The van der Waals surface area contributed by atoms with Crippen molar-refractivity contribution in [3.63, 3.8) is 0 Å². The van der Waals surface area contributed by atoms with Gasteiger partial charge >= 0.3 is 0 Å². The molecule has 1 fully saturated rings. The molecule has 276 valence electrons. The summed E-state index contributed by atoms with van der Waals surface area (Å²) in [5, 5.41) is 22.2. The van der Waals surface area contributed by atoms with Gasteiger partial charge in [0, 0.05) is 47.4 Å². The SMILES string of the molecule is CC(C)[C@H](NC(=O)c1ccc2ccccc2n1)C(=O)NC(Cc1ccccc1)C(O)CN1CCC(SCc2cccnc2)CC1C(=O)NC(C)(C)C. The maximum atomic E-state index is 14.0. The largest absolute Gasteiger partial charge is 0.390 e. The fourth-order valence-electron chi connectivity index (χ4n) is 6.51. The normalized spacial score (nSPS) is 18.4. The minimum absolute atomic E-state index is 0.0695. The number of aromatic nitrogens is 2. The van der Waals surface area contributed by atoms with E-state index in [0.717, 1.165) is 28.7 Å². The zero-order chi connectivity index (χ0) is 37.3. The Bertz CT molecular complexity index is 1780. The number of hydrogen-bond acceptors (Lipinski definition) is 8. The van der Waals surface area contributed by atoms with Gasteiger partial charge in [-0.1, -0.05) is 74.5 Å². The standard InChI is InChI=1S/C41H52N6O4S/c1-27(2)37(45-38(49)33-18-17-30-15-9-10-16-32(30)43-33)40(51)44-34(22-28-12-7-6-8-13-28)36(48)25-47-21-19-31(52-26-29-14-11-20-42-24-29)23-35(47)39(50)46-41(3,4)5/h6-18,20,24,27,31,34-37,48H,19,21-23,25-26H2,1-5H3,(H,44,51)(H,45,49)(H,46,50)/t31?,34?,35?,36?,37-/m0/s1. The topological polar surface area (TPSA) is 137 Å². The Hall–Kier alpha value is -4.32. The highest BCUT2D eigenvalue weighted by Crippen LogP contribution is 2.30. The van der Waals surface area contributed by atoms with Crippen LogP contribution in [0.2, 0.25) is 0 Å². The van der Waals surface area contributed by atoms with Crippen LogP contribution in [0.5, 0.6) is 0 Å². The van der Waals surface area contributed by atoms with Gasteiger partial charge in [0.25, 0.3) is 5.91 Å². The van der Waals surface area contributed by atoms with E-state index in [2.05, 4.69) is 36.9 Å². The van der Waals surface area contributed by atoms with Crippen molar-refractivity contribution in [2.24, 2.45) is 5.92 Å². The molecule has 5 rings (SSSR count). The zero-order valence-corrected chi connectivity index (χ0v) is 31.6. The van der Waals surface area contributed by atoms with Gasteiger partial charge < -0.3 is 21.1 Å². The molecule has 1 aliphatic heterocycles. The van der Waals surface area contributed by atoms with Crippen LogP contribution < -0.4 is 16.0 Å². The van der Waals surface area contributed by atoms with Gasteiger partial charge in [0.15, 0.2) is 0 Å². The van der Waals surface area contributed by atoms with Crippen LogP contribution in [0.1, 0.15) is 69.1 Å². The van der Waals surface area contributed by atoms with E-state index in [4.69, 9.17) is 0 Å². The third-order valence-electron chi connectivity index (χ3n) is 9.25. The molecule has 4 aromatic rings. The molecule has 1 saturated heterocycles. The minimum Gasteiger partial charge on any atom is -0.390 e. The number of benzene rings is 2. The van der Waals surface area contributed by atoms with Crippen LogP contribution >= 0.6 is 11.8 Å². The van der Waals surface area contributed by atoms with Gasteiger partial charge in [0.1, 0.15) is 11.7 Å². The number of aliphatic hydroxyl groups is 1. The zero-order valence-electron chi connectivity index (χ0n) is 30.8. The fourth-order valence-corrected chi connectivity index (χ4v) is 7.70. The number of aliphatic hydroxyl groups excluding tert-OH is 1. The summed E-state index contributed by atoms with van der Waals surface area (Å²) in [4.78, 5) is 51.9. The molecule has 52 heavy (non-hydrogen) atoms. The van der Waals surface area contributed by atoms with E-state index in [1.54, 1.807) is 12.3 Å². The van der Waals surface area contributed by atoms with Gasteiger partial charge in [-0.2, -0.15) is 11.8 Å². The van der Waals surface area contributed by atoms with Gasteiger partial charge in [-0.05, 0) is 75.3 Å². The van der Waals surface area contributed by atoms with Crippen molar-refractivity contribution < 1.29 is 19.5 Å². The number of thioether (sulfide) groups is 1. The highest BCUT2D eigenvalue weighted by molar-refractivity contribution is 7.99. The number of nitrogens with zero attached hydrogens (tertiary/aromatic N) is 3. The van der Waals surface area contributed by atoms with Crippen molar-refractivity contribution >= 4 is 40.4 Å². The predicted octanol–water partition coefficient (Wildman–Crippen LogP) is 5.15. The molecule has 2 aromatic heterocycles. The first-order valence-corrected chi connectivity index (χ1v) is 19.2. The van der Waals surface area contributed by atoms with Crippen LogP contribution in [0.15, 0.2) is 91.3 Å². The maximum Gasteiger partial charge on any atom is 0.270 e. The minimum atomic E-state index is -1.00. The second kappa shape index (κ2) is 17.9. The quantitative estimate of drug-likeness (QED) is 0.140. The molecule has 4 N–H and O–H groups in total. The van der Waals surface area contributed by atoms with E-state index >= 15 is 0 Å². The van der Waals surface area contributed by atoms with E-state index in [-0.39, 0.29) is 29.3 Å². The number of carbonyl (C=O) groups is 3.